The van der Waals surface area contributed by atoms with Gasteiger partial charge in [-0.2, -0.15) is 0 Å². The molecule has 0 aromatic heterocycles. The molecule has 1 heterocycles. The molecule has 0 saturated carbocycles. The molecule has 2 aromatic carbocycles. The number of anilines is 1. The molecule has 0 radical (unpaired) electrons. The lowest BCUT2D eigenvalue weighted by Gasteiger charge is -2.16. The van der Waals surface area contributed by atoms with Crippen LogP contribution < -0.4 is 5.32 Å². The summed E-state index contributed by atoms with van der Waals surface area (Å²) in [7, 11) is 0. The summed E-state index contributed by atoms with van der Waals surface area (Å²) in [5.74, 6) is -1.00. The molecule has 0 spiro atoms. The Morgan fingerprint density at radius 3 is 2.46 bits per heavy atom. The van der Waals surface area contributed by atoms with Crippen LogP contribution in [0.1, 0.15) is 12.0 Å². The van der Waals surface area contributed by atoms with Crippen molar-refractivity contribution in [2.45, 2.75) is 12.8 Å². The van der Waals surface area contributed by atoms with Crippen molar-refractivity contribution in [2.75, 3.05) is 18.4 Å². The van der Waals surface area contributed by atoms with Crippen LogP contribution >= 0.6 is 23.2 Å². The number of nitrogens with zero attached hydrogens (tertiary/aromatic N) is 1. The molecule has 3 rings (SSSR count). The molecule has 0 aliphatic carbocycles. The van der Waals surface area contributed by atoms with E-state index in [2.05, 4.69) is 5.32 Å². The van der Waals surface area contributed by atoms with Gasteiger partial charge in [0.05, 0.1) is 5.92 Å². The standard InChI is InChI=1S/C19H17Cl2FN2O2/c20-14-8-15(21)10-17(9-14)23-19(26)13-7-18(25)24(11-13)6-5-12-1-3-16(22)4-2-12/h1-4,8-10,13H,5-7,11H2,(H,23,26)/t13-/m1/s1. The van der Waals surface area contributed by atoms with Crippen molar-refractivity contribution in [1.82, 2.24) is 4.90 Å². The van der Waals surface area contributed by atoms with Gasteiger partial charge in [-0.15, -0.1) is 0 Å². The zero-order valence-electron chi connectivity index (χ0n) is 13.8. The van der Waals surface area contributed by atoms with Crippen LogP contribution in [-0.2, 0) is 16.0 Å². The first kappa shape index (κ1) is 18.7. The number of benzene rings is 2. The third-order valence-corrected chi connectivity index (χ3v) is 4.74. The predicted octanol–water partition coefficient (Wildman–Crippen LogP) is 4.16. The lowest BCUT2D eigenvalue weighted by molar-refractivity contribution is -0.128. The number of carbonyl (C=O) groups excluding carboxylic acids is 2. The monoisotopic (exact) mass is 394 g/mol. The fraction of sp³-hybridized carbons (Fsp3) is 0.263. The van der Waals surface area contributed by atoms with Gasteiger partial charge in [0.25, 0.3) is 0 Å². The van der Waals surface area contributed by atoms with Crippen LogP contribution in [0.15, 0.2) is 42.5 Å². The number of amides is 2. The SMILES string of the molecule is O=C(Nc1cc(Cl)cc(Cl)c1)[C@@H]1CC(=O)N(CCc2ccc(F)cc2)C1. The van der Waals surface area contributed by atoms with Crippen LogP contribution in [0.25, 0.3) is 0 Å². The molecule has 0 bridgehead atoms. The Kier molecular flexibility index (Phi) is 5.79. The largest absolute Gasteiger partial charge is 0.342 e. The number of carbonyl (C=O) groups is 2. The van der Waals surface area contributed by atoms with Gasteiger partial charge < -0.3 is 10.2 Å². The molecular formula is C19H17Cl2FN2O2. The fourth-order valence-electron chi connectivity index (χ4n) is 2.95. The molecule has 1 fully saturated rings. The van der Waals surface area contributed by atoms with E-state index >= 15 is 0 Å². The van der Waals surface area contributed by atoms with Crippen molar-refractivity contribution in [1.29, 1.82) is 0 Å². The van der Waals surface area contributed by atoms with Crippen LogP contribution in [0, 0.1) is 11.7 Å². The van der Waals surface area contributed by atoms with E-state index in [4.69, 9.17) is 23.2 Å². The third-order valence-electron chi connectivity index (χ3n) is 4.30. The molecule has 26 heavy (non-hydrogen) atoms. The van der Waals surface area contributed by atoms with E-state index in [0.29, 0.717) is 35.2 Å². The minimum absolute atomic E-state index is 0.0589. The average molecular weight is 395 g/mol. The summed E-state index contributed by atoms with van der Waals surface area (Å²) >= 11 is 11.9. The summed E-state index contributed by atoms with van der Waals surface area (Å²) in [5, 5.41) is 3.61. The Bertz CT molecular complexity index is 807. The van der Waals surface area contributed by atoms with Crippen molar-refractivity contribution >= 4 is 40.7 Å². The average Bonchev–Trinajstić information content (AvgIpc) is 2.94. The summed E-state index contributed by atoms with van der Waals surface area (Å²) in [6.45, 7) is 0.859. The summed E-state index contributed by atoms with van der Waals surface area (Å²) < 4.78 is 12.9. The van der Waals surface area contributed by atoms with Crippen LogP contribution in [0.5, 0.6) is 0 Å². The van der Waals surface area contributed by atoms with Crippen molar-refractivity contribution in [3.63, 3.8) is 0 Å². The van der Waals surface area contributed by atoms with Crippen LogP contribution in [0.4, 0.5) is 10.1 Å². The molecule has 2 aromatic rings. The number of nitrogens with one attached hydrogen (secondary N) is 1. The summed E-state index contributed by atoms with van der Waals surface area (Å²) in [6, 6.07) is 11.0. The van der Waals surface area contributed by atoms with E-state index in [-0.39, 0.29) is 24.1 Å². The second-order valence-electron chi connectivity index (χ2n) is 6.26. The fourth-order valence-corrected chi connectivity index (χ4v) is 3.48. The molecule has 1 N–H and O–H groups in total. The summed E-state index contributed by atoms with van der Waals surface area (Å²) in [5.41, 5.74) is 1.45. The first-order valence-electron chi connectivity index (χ1n) is 8.20. The van der Waals surface area contributed by atoms with Crippen LogP contribution in [0.2, 0.25) is 10.0 Å². The van der Waals surface area contributed by atoms with Gasteiger partial charge in [-0.05, 0) is 42.3 Å². The minimum Gasteiger partial charge on any atom is -0.342 e. The van der Waals surface area contributed by atoms with Gasteiger partial charge in [0.1, 0.15) is 5.82 Å². The zero-order valence-corrected chi connectivity index (χ0v) is 15.4. The Labute approximate surface area is 160 Å². The number of likely N-dealkylation sites (tertiary alicyclic amines) is 1. The third kappa shape index (κ3) is 4.74. The maximum absolute atomic E-state index is 12.9. The smallest absolute Gasteiger partial charge is 0.229 e. The van der Waals surface area contributed by atoms with Gasteiger partial charge in [-0.25, -0.2) is 4.39 Å². The predicted molar refractivity (Wildman–Crippen MR) is 99.9 cm³/mol. The normalized spacial score (nSPS) is 16.8. The van der Waals surface area contributed by atoms with Gasteiger partial charge in [0.2, 0.25) is 11.8 Å². The molecule has 2 amide bonds. The molecule has 136 valence electrons. The molecule has 7 heteroatoms. The van der Waals surface area contributed by atoms with Crippen LogP contribution in [-0.4, -0.2) is 29.8 Å². The molecule has 1 atom stereocenters. The Morgan fingerprint density at radius 1 is 1.15 bits per heavy atom. The van der Waals surface area contributed by atoms with Crippen molar-refractivity contribution in [3.8, 4) is 0 Å². The highest BCUT2D eigenvalue weighted by Gasteiger charge is 2.34. The molecule has 0 unspecified atom stereocenters. The second-order valence-corrected chi connectivity index (χ2v) is 7.14. The summed E-state index contributed by atoms with van der Waals surface area (Å²) in [6.07, 6.45) is 0.786. The van der Waals surface area contributed by atoms with Gasteiger partial charge in [0.15, 0.2) is 0 Å². The van der Waals surface area contributed by atoms with Crippen molar-refractivity contribution < 1.29 is 14.0 Å². The first-order valence-corrected chi connectivity index (χ1v) is 8.95. The Balaban J connectivity index is 1.56. The molecule has 1 saturated heterocycles. The molecule has 1 aliphatic heterocycles. The van der Waals surface area contributed by atoms with Gasteiger partial charge in [0, 0.05) is 35.2 Å². The number of rotatable bonds is 5. The highest BCUT2D eigenvalue weighted by Crippen LogP contribution is 2.25. The Hall–Kier alpha value is -2.11. The van der Waals surface area contributed by atoms with E-state index in [0.717, 1.165) is 5.56 Å². The molecule has 4 nitrogen and oxygen atoms in total. The second kappa shape index (κ2) is 8.06. The lowest BCUT2D eigenvalue weighted by atomic mass is 10.1. The first-order chi connectivity index (χ1) is 12.4. The lowest BCUT2D eigenvalue weighted by Crippen LogP contribution is -2.30. The number of hydrogen-bond donors (Lipinski definition) is 1. The van der Waals surface area contributed by atoms with Gasteiger partial charge >= 0.3 is 0 Å². The van der Waals surface area contributed by atoms with Gasteiger partial charge in [-0.3, -0.25) is 9.59 Å². The minimum atomic E-state index is -0.423. The zero-order chi connectivity index (χ0) is 18.7. The maximum atomic E-state index is 12.9. The quantitative estimate of drug-likeness (QED) is 0.827. The highest BCUT2D eigenvalue weighted by molar-refractivity contribution is 6.35. The molecule has 1 aliphatic rings. The highest BCUT2D eigenvalue weighted by atomic mass is 35.5. The van der Waals surface area contributed by atoms with E-state index in [9.17, 15) is 14.0 Å². The number of halogens is 3. The number of hydrogen-bond acceptors (Lipinski definition) is 2. The maximum Gasteiger partial charge on any atom is 0.229 e. The van der Waals surface area contributed by atoms with E-state index in [1.165, 1.54) is 12.1 Å². The Morgan fingerprint density at radius 2 is 1.81 bits per heavy atom. The van der Waals surface area contributed by atoms with Crippen molar-refractivity contribution in [3.05, 3.63) is 63.9 Å². The van der Waals surface area contributed by atoms with E-state index < -0.39 is 5.92 Å². The van der Waals surface area contributed by atoms with Crippen molar-refractivity contribution in [2.24, 2.45) is 5.92 Å². The van der Waals surface area contributed by atoms with E-state index in [1.807, 2.05) is 0 Å². The van der Waals surface area contributed by atoms with Crippen LogP contribution in [0.3, 0.4) is 0 Å². The summed E-state index contributed by atoms with van der Waals surface area (Å²) in [4.78, 5) is 26.3. The van der Waals surface area contributed by atoms with E-state index in [1.54, 1.807) is 35.2 Å². The topological polar surface area (TPSA) is 49.4 Å². The van der Waals surface area contributed by atoms with Gasteiger partial charge in [-0.1, -0.05) is 35.3 Å². The molecular weight excluding hydrogens is 378 g/mol.